The minimum absolute atomic E-state index is 0.00946. The van der Waals surface area contributed by atoms with Gasteiger partial charge >= 0.3 is 0 Å². The highest BCUT2D eigenvalue weighted by Crippen LogP contribution is 2.37. The lowest BCUT2D eigenvalue weighted by atomic mass is 9.84. The van der Waals surface area contributed by atoms with Gasteiger partial charge in [0, 0.05) is 5.39 Å². The molecule has 30 heavy (non-hydrogen) atoms. The van der Waals surface area contributed by atoms with Crippen molar-refractivity contribution in [2.24, 2.45) is 7.05 Å². The molecule has 2 heterocycles. The summed E-state index contributed by atoms with van der Waals surface area (Å²) in [5.41, 5.74) is 5.46. The average molecular weight is 402 g/mol. The van der Waals surface area contributed by atoms with Crippen molar-refractivity contribution in [2.45, 2.75) is 70.9 Å². The molecule has 0 spiro atoms. The van der Waals surface area contributed by atoms with Crippen LogP contribution in [-0.2, 0) is 24.4 Å². The third-order valence-electron chi connectivity index (χ3n) is 6.74. The number of rotatable bonds is 4. The molecule has 0 N–H and O–H groups in total. The Balaban J connectivity index is 1.48. The van der Waals surface area contributed by atoms with E-state index < -0.39 is 0 Å². The zero-order chi connectivity index (χ0) is 21.3. The van der Waals surface area contributed by atoms with Crippen molar-refractivity contribution in [1.82, 2.24) is 14.5 Å². The second kappa shape index (κ2) is 6.44. The maximum Gasteiger partial charge on any atom is 0.203 e. The summed E-state index contributed by atoms with van der Waals surface area (Å²) in [4.78, 5) is 0. The van der Waals surface area contributed by atoms with Crippen molar-refractivity contribution in [1.29, 1.82) is 0 Å². The third kappa shape index (κ3) is 3.23. The molecule has 0 aliphatic heterocycles. The van der Waals surface area contributed by atoms with Crippen LogP contribution in [0, 0.1) is 0 Å². The fourth-order valence-electron chi connectivity index (χ4n) is 4.54. The first-order valence-electron chi connectivity index (χ1n) is 11.1. The van der Waals surface area contributed by atoms with Crippen molar-refractivity contribution in [2.75, 3.05) is 0 Å². The van der Waals surface area contributed by atoms with Gasteiger partial charge in [0.05, 0.1) is 35.6 Å². The molecule has 1 saturated carbocycles. The molecule has 2 aromatic carbocycles. The highest BCUT2D eigenvalue weighted by molar-refractivity contribution is 5.80. The van der Waals surface area contributed by atoms with Crippen LogP contribution in [0.2, 0.25) is 0 Å². The molecule has 1 aliphatic rings. The highest BCUT2D eigenvalue weighted by atomic mass is 15.4. The van der Waals surface area contributed by atoms with Crippen molar-refractivity contribution in [3.63, 3.8) is 0 Å². The SMILES string of the molecule is Cn1c2ccc(C(C)(C)C)cc2c[n+]1CC(C)(C)c1ccc2c(cnn2C2CC2)c1. The van der Waals surface area contributed by atoms with Crippen LogP contribution in [0.5, 0.6) is 0 Å². The second-order valence-electron chi connectivity index (χ2n) is 10.8. The molecule has 0 radical (unpaired) electrons. The van der Waals surface area contributed by atoms with Crippen molar-refractivity contribution >= 4 is 21.8 Å². The molecule has 1 fully saturated rings. The summed E-state index contributed by atoms with van der Waals surface area (Å²) < 4.78 is 6.85. The molecule has 2 aromatic heterocycles. The first kappa shape index (κ1) is 19.3. The zero-order valence-corrected chi connectivity index (χ0v) is 19.1. The maximum atomic E-state index is 4.64. The summed E-state index contributed by atoms with van der Waals surface area (Å²) in [5, 5.41) is 7.20. The lowest BCUT2D eigenvalue weighted by Crippen LogP contribution is -2.48. The molecular weight excluding hydrogens is 368 g/mol. The van der Waals surface area contributed by atoms with Gasteiger partial charge in [0.1, 0.15) is 5.52 Å². The van der Waals surface area contributed by atoms with E-state index in [1.54, 1.807) is 0 Å². The summed E-state index contributed by atoms with van der Waals surface area (Å²) >= 11 is 0. The molecule has 4 nitrogen and oxygen atoms in total. The Hall–Kier alpha value is -2.62. The van der Waals surface area contributed by atoms with E-state index in [0.29, 0.717) is 6.04 Å². The fraction of sp³-hybridized carbons (Fsp3) is 0.462. The van der Waals surface area contributed by atoms with Gasteiger partial charge in [0.25, 0.3) is 0 Å². The van der Waals surface area contributed by atoms with E-state index in [1.807, 2.05) is 6.20 Å². The topological polar surface area (TPSA) is 26.6 Å². The molecule has 0 bridgehead atoms. The van der Waals surface area contributed by atoms with E-state index >= 15 is 0 Å². The Morgan fingerprint density at radius 1 is 0.933 bits per heavy atom. The molecule has 0 amide bonds. The monoisotopic (exact) mass is 401 g/mol. The van der Waals surface area contributed by atoms with Gasteiger partial charge in [-0.15, -0.1) is 4.68 Å². The number of hydrogen-bond donors (Lipinski definition) is 0. The number of aromatic nitrogens is 4. The second-order valence-corrected chi connectivity index (χ2v) is 10.8. The Morgan fingerprint density at radius 3 is 2.30 bits per heavy atom. The van der Waals surface area contributed by atoms with Crippen LogP contribution < -0.4 is 4.68 Å². The van der Waals surface area contributed by atoms with Gasteiger partial charge in [-0.25, -0.2) is 0 Å². The summed E-state index contributed by atoms with van der Waals surface area (Å²) in [5.74, 6) is 0. The minimum Gasteiger partial charge on any atom is -0.262 e. The Kier molecular flexibility index (Phi) is 4.15. The summed E-state index contributed by atoms with van der Waals surface area (Å²) in [6.45, 7) is 12.4. The van der Waals surface area contributed by atoms with Crippen LogP contribution in [0.25, 0.3) is 21.8 Å². The normalized spacial score (nSPS) is 15.4. The molecule has 156 valence electrons. The molecular formula is C26H33N4+. The first-order chi connectivity index (χ1) is 14.1. The minimum atomic E-state index is 0.00946. The number of fused-ring (bicyclic) bond motifs is 2. The standard InChI is InChI=1S/C26H33N4/c1-25(2,3)20-7-11-23-19(14-20)16-29(28(23)6)17-26(4,5)21-8-12-24-18(13-21)15-27-30(24)22-9-10-22/h7-8,11-16,22H,9-10,17H2,1-6H3/q+1. The smallest absolute Gasteiger partial charge is 0.203 e. The van der Waals surface area contributed by atoms with Crippen molar-refractivity contribution in [3.8, 4) is 0 Å². The fourth-order valence-corrected chi connectivity index (χ4v) is 4.54. The number of hydrogen-bond acceptors (Lipinski definition) is 1. The lowest BCUT2D eigenvalue weighted by Gasteiger charge is -2.21. The quantitative estimate of drug-likeness (QED) is 0.419. The van der Waals surface area contributed by atoms with E-state index in [9.17, 15) is 0 Å². The summed E-state index contributed by atoms with van der Waals surface area (Å²) in [6.07, 6.45) is 6.86. The molecule has 1 aliphatic carbocycles. The third-order valence-corrected chi connectivity index (χ3v) is 6.74. The largest absolute Gasteiger partial charge is 0.262 e. The van der Waals surface area contributed by atoms with Crippen LogP contribution in [0.3, 0.4) is 0 Å². The van der Waals surface area contributed by atoms with Gasteiger partial charge in [-0.05, 0) is 67.5 Å². The summed E-state index contributed by atoms with van der Waals surface area (Å²) in [6, 6.07) is 14.4. The van der Waals surface area contributed by atoms with Crippen LogP contribution in [0.4, 0.5) is 0 Å². The Bertz CT molecular complexity index is 1250. The predicted octanol–water partition coefficient (Wildman–Crippen LogP) is 5.43. The van der Waals surface area contributed by atoms with Gasteiger partial charge in [-0.3, -0.25) is 4.68 Å². The van der Waals surface area contributed by atoms with Crippen LogP contribution >= 0.6 is 0 Å². The van der Waals surface area contributed by atoms with Gasteiger partial charge in [-0.2, -0.15) is 9.78 Å². The lowest BCUT2D eigenvalue weighted by molar-refractivity contribution is -0.777. The number of aryl methyl sites for hydroxylation is 1. The van der Waals surface area contributed by atoms with E-state index in [2.05, 4.69) is 103 Å². The molecule has 4 heteroatoms. The molecule has 0 saturated heterocycles. The molecule has 4 aromatic rings. The van der Waals surface area contributed by atoms with E-state index in [0.717, 1.165) is 6.54 Å². The van der Waals surface area contributed by atoms with E-state index in [4.69, 9.17) is 0 Å². The van der Waals surface area contributed by atoms with Crippen LogP contribution in [-0.4, -0.2) is 14.5 Å². The Morgan fingerprint density at radius 2 is 1.60 bits per heavy atom. The predicted molar refractivity (Wildman–Crippen MR) is 123 cm³/mol. The number of nitrogens with zero attached hydrogens (tertiary/aromatic N) is 4. The number of benzene rings is 2. The highest BCUT2D eigenvalue weighted by Gasteiger charge is 2.30. The van der Waals surface area contributed by atoms with Crippen LogP contribution in [0.15, 0.2) is 48.8 Å². The molecule has 0 unspecified atom stereocenters. The average Bonchev–Trinajstić information content (AvgIpc) is 3.37. The van der Waals surface area contributed by atoms with Gasteiger partial charge < -0.3 is 0 Å². The molecule has 5 rings (SSSR count). The maximum absolute atomic E-state index is 4.64. The zero-order valence-electron chi connectivity index (χ0n) is 19.1. The van der Waals surface area contributed by atoms with Gasteiger partial charge in [-0.1, -0.05) is 32.9 Å². The van der Waals surface area contributed by atoms with Gasteiger partial charge in [0.15, 0.2) is 6.54 Å². The van der Waals surface area contributed by atoms with Gasteiger partial charge in [0.2, 0.25) is 6.20 Å². The summed E-state index contributed by atoms with van der Waals surface area (Å²) in [7, 11) is 2.16. The van der Waals surface area contributed by atoms with Crippen molar-refractivity contribution < 1.29 is 4.68 Å². The first-order valence-corrected chi connectivity index (χ1v) is 11.1. The van der Waals surface area contributed by atoms with Crippen LogP contribution in [0.1, 0.15) is 64.6 Å². The Labute approximate surface area is 179 Å². The van der Waals surface area contributed by atoms with E-state index in [1.165, 1.54) is 45.8 Å². The van der Waals surface area contributed by atoms with Crippen molar-refractivity contribution in [3.05, 3.63) is 59.9 Å². The molecule has 0 atom stereocenters. The van der Waals surface area contributed by atoms with E-state index in [-0.39, 0.29) is 10.8 Å².